The summed E-state index contributed by atoms with van der Waals surface area (Å²) in [6.45, 7) is 3.64. The summed E-state index contributed by atoms with van der Waals surface area (Å²) < 4.78 is 0. The first-order chi connectivity index (χ1) is 10.6. The quantitative estimate of drug-likeness (QED) is 0.643. The van der Waals surface area contributed by atoms with E-state index in [1.54, 1.807) is 36.0 Å². The van der Waals surface area contributed by atoms with E-state index in [0.29, 0.717) is 17.7 Å². The van der Waals surface area contributed by atoms with E-state index in [2.05, 4.69) is 12.2 Å². The minimum Gasteiger partial charge on any atom is -0.326 e. The molecule has 0 bridgehead atoms. The van der Waals surface area contributed by atoms with Crippen molar-refractivity contribution in [3.05, 3.63) is 59.7 Å². The summed E-state index contributed by atoms with van der Waals surface area (Å²) in [5.41, 5.74) is 2.33. The SMILES string of the molecule is CCSc1ccc(CC(=O)Nc2ccc(C(C)=O)cc2)cc1. The normalized spacial score (nSPS) is 10.3. The summed E-state index contributed by atoms with van der Waals surface area (Å²) in [6, 6.07) is 15.0. The molecule has 0 aliphatic carbocycles. The number of amides is 1. The van der Waals surface area contributed by atoms with Crippen LogP contribution in [0.2, 0.25) is 0 Å². The molecular weight excluding hydrogens is 294 g/mol. The van der Waals surface area contributed by atoms with E-state index in [4.69, 9.17) is 0 Å². The van der Waals surface area contributed by atoms with Crippen LogP contribution in [0.1, 0.15) is 29.8 Å². The second-order valence-corrected chi connectivity index (χ2v) is 6.27. The lowest BCUT2D eigenvalue weighted by atomic mass is 10.1. The standard InChI is InChI=1S/C18H19NO2S/c1-3-22-17-10-4-14(5-11-17)12-18(21)19-16-8-6-15(7-9-16)13(2)20/h4-11H,3,12H2,1-2H3,(H,19,21). The lowest BCUT2D eigenvalue weighted by Crippen LogP contribution is -2.14. The summed E-state index contributed by atoms with van der Waals surface area (Å²) in [5, 5.41) is 2.84. The Labute approximate surface area is 135 Å². The largest absolute Gasteiger partial charge is 0.326 e. The molecule has 0 aliphatic rings. The Balaban J connectivity index is 1.93. The number of nitrogens with one attached hydrogen (secondary N) is 1. The van der Waals surface area contributed by atoms with Crippen LogP contribution in [0.25, 0.3) is 0 Å². The van der Waals surface area contributed by atoms with Crippen molar-refractivity contribution in [3.63, 3.8) is 0 Å². The van der Waals surface area contributed by atoms with Crippen LogP contribution in [0, 0.1) is 0 Å². The van der Waals surface area contributed by atoms with E-state index < -0.39 is 0 Å². The molecule has 0 radical (unpaired) electrons. The Morgan fingerprint density at radius 2 is 1.64 bits per heavy atom. The Morgan fingerprint density at radius 3 is 2.18 bits per heavy atom. The van der Waals surface area contributed by atoms with Crippen molar-refractivity contribution in [2.24, 2.45) is 0 Å². The number of carbonyl (C=O) groups is 2. The van der Waals surface area contributed by atoms with Gasteiger partial charge < -0.3 is 5.32 Å². The van der Waals surface area contributed by atoms with Gasteiger partial charge in [0, 0.05) is 16.1 Å². The van der Waals surface area contributed by atoms with E-state index in [-0.39, 0.29) is 11.7 Å². The van der Waals surface area contributed by atoms with Gasteiger partial charge in [0.2, 0.25) is 5.91 Å². The molecule has 3 nitrogen and oxygen atoms in total. The summed E-state index contributed by atoms with van der Waals surface area (Å²) in [5.74, 6) is 0.991. The number of anilines is 1. The summed E-state index contributed by atoms with van der Waals surface area (Å²) >= 11 is 1.78. The highest BCUT2D eigenvalue weighted by atomic mass is 32.2. The Morgan fingerprint density at radius 1 is 1.00 bits per heavy atom. The molecule has 0 saturated carbocycles. The van der Waals surface area contributed by atoms with E-state index in [1.807, 2.05) is 24.3 Å². The number of hydrogen-bond donors (Lipinski definition) is 1. The van der Waals surface area contributed by atoms with E-state index >= 15 is 0 Å². The van der Waals surface area contributed by atoms with Gasteiger partial charge in [-0.3, -0.25) is 9.59 Å². The molecule has 0 fully saturated rings. The van der Waals surface area contributed by atoms with Crippen LogP contribution in [0.15, 0.2) is 53.4 Å². The lowest BCUT2D eigenvalue weighted by molar-refractivity contribution is -0.115. The van der Waals surface area contributed by atoms with Crippen LogP contribution in [-0.4, -0.2) is 17.4 Å². The number of Topliss-reactive ketones (excluding diaryl/α,β-unsaturated/α-hetero) is 1. The second kappa shape index (κ2) is 7.80. The molecule has 2 rings (SSSR count). The zero-order chi connectivity index (χ0) is 15.9. The smallest absolute Gasteiger partial charge is 0.228 e. The van der Waals surface area contributed by atoms with Gasteiger partial charge in [-0.05, 0) is 54.6 Å². The number of thioether (sulfide) groups is 1. The van der Waals surface area contributed by atoms with Gasteiger partial charge in [-0.2, -0.15) is 0 Å². The molecule has 0 atom stereocenters. The van der Waals surface area contributed by atoms with Crippen LogP contribution in [0.5, 0.6) is 0 Å². The first-order valence-electron chi connectivity index (χ1n) is 7.21. The Kier molecular flexibility index (Phi) is 5.78. The maximum absolute atomic E-state index is 12.0. The molecule has 0 saturated heterocycles. The molecule has 0 aliphatic heterocycles. The fraction of sp³-hybridized carbons (Fsp3) is 0.222. The first-order valence-corrected chi connectivity index (χ1v) is 8.19. The molecule has 0 unspecified atom stereocenters. The van der Waals surface area contributed by atoms with Gasteiger partial charge in [0.05, 0.1) is 6.42 Å². The predicted molar refractivity (Wildman–Crippen MR) is 91.6 cm³/mol. The highest BCUT2D eigenvalue weighted by molar-refractivity contribution is 7.99. The highest BCUT2D eigenvalue weighted by Gasteiger charge is 2.05. The van der Waals surface area contributed by atoms with Crippen LogP contribution < -0.4 is 5.32 Å². The molecule has 114 valence electrons. The monoisotopic (exact) mass is 313 g/mol. The van der Waals surface area contributed by atoms with Gasteiger partial charge in [-0.25, -0.2) is 0 Å². The summed E-state index contributed by atoms with van der Waals surface area (Å²) in [4.78, 5) is 24.4. The van der Waals surface area contributed by atoms with Crippen LogP contribution in [0.4, 0.5) is 5.69 Å². The fourth-order valence-electron chi connectivity index (χ4n) is 2.05. The zero-order valence-corrected chi connectivity index (χ0v) is 13.6. The first kappa shape index (κ1) is 16.3. The van der Waals surface area contributed by atoms with Crippen LogP contribution in [-0.2, 0) is 11.2 Å². The van der Waals surface area contributed by atoms with Gasteiger partial charge in [0.15, 0.2) is 5.78 Å². The molecule has 2 aromatic carbocycles. The zero-order valence-electron chi connectivity index (χ0n) is 12.8. The van der Waals surface area contributed by atoms with Gasteiger partial charge in [0.25, 0.3) is 0 Å². The molecular formula is C18H19NO2S. The maximum atomic E-state index is 12.0. The van der Waals surface area contributed by atoms with Gasteiger partial charge >= 0.3 is 0 Å². The Hall–Kier alpha value is -2.07. The van der Waals surface area contributed by atoms with Gasteiger partial charge in [0.1, 0.15) is 0 Å². The average molecular weight is 313 g/mol. The predicted octanol–water partition coefficient (Wildman–Crippen LogP) is 4.18. The van der Waals surface area contributed by atoms with Crippen molar-refractivity contribution in [2.45, 2.75) is 25.2 Å². The topological polar surface area (TPSA) is 46.2 Å². The van der Waals surface area contributed by atoms with Gasteiger partial charge in [-0.15, -0.1) is 11.8 Å². The third-order valence-corrected chi connectivity index (χ3v) is 4.07. The van der Waals surface area contributed by atoms with Crippen molar-refractivity contribution in [2.75, 3.05) is 11.1 Å². The third-order valence-electron chi connectivity index (χ3n) is 3.17. The number of carbonyl (C=O) groups excluding carboxylic acids is 2. The highest BCUT2D eigenvalue weighted by Crippen LogP contribution is 2.18. The van der Waals surface area contributed by atoms with Crippen molar-refractivity contribution in [1.82, 2.24) is 0 Å². The van der Waals surface area contributed by atoms with Crippen LogP contribution in [0.3, 0.4) is 0 Å². The molecule has 0 heterocycles. The van der Waals surface area contributed by atoms with Crippen molar-refractivity contribution >= 4 is 29.1 Å². The van der Waals surface area contributed by atoms with Crippen LogP contribution >= 0.6 is 11.8 Å². The Bertz CT molecular complexity index is 648. The number of ketones is 1. The number of hydrogen-bond acceptors (Lipinski definition) is 3. The van der Waals surface area contributed by atoms with E-state index in [0.717, 1.165) is 11.3 Å². The van der Waals surface area contributed by atoms with Crippen molar-refractivity contribution < 1.29 is 9.59 Å². The van der Waals surface area contributed by atoms with Crippen molar-refractivity contribution in [1.29, 1.82) is 0 Å². The number of benzene rings is 2. The molecule has 2 aromatic rings. The maximum Gasteiger partial charge on any atom is 0.228 e. The summed E-state index contributed by atoms with van der Waals surface area (Å²) in [7, 11) is 0. The van der Waals surface area contributed by atoms with Gasteiger partial charge in [-0.1, -0.05) is 19.1 Å². The van der Waals surface area contributed by atoms with E-state index in [9.17, 15) is 9.59 Å². The molecule has 0 spiro atoms. The molecule has 0 aromatic heterocycles. The van der Waals surface area contributed by atoms with E-state index in [1.165, 1.54) is 11.8 Å². The molecule has 1 amide bonds. The second-order valence-electron chi connectivity index (χ2n) is 4.94. The van der Waals surface area contributed by atoms with Crippen molar-refractivity contribution in [3.8, 4) is 0 Å². The molecule has 22 heavy (non-hydrogen) atoms. The minimum absolute atomic E-state index is 0.0166. The minimum atomic E-state index is -0.0635. The fourth-order valence-corrected chi connectivity index (χ4v) is 2.71. The molecule has 4 heteroatoms. The number of rotatable bonds is 6. The average Bonchev–Trinajstić information content (AvgIpc) is 2.50. The third kappa shape index (κ3) is 4.74. The summed E-state index contributed by atoms with van der Waals surface area (Å²) in [6.07, 6.45) is 0.339. The lowest BCUT2D eigenvalue weighted by Gasteiger charge is -2.06. The molecule has 1 N–H and O–H groups in total.